The Bertz CT molecular complexity index is 770. The number of nitrogens with one attached hydrogen (secondary N) is 1. The molecule has 19 heavy (non-hydrogen) atoms. The zero-order chi connectivity index (χ0) is 13.4. The normalized spacial score (nSPS) is 10.8. The Morgan fingerprint density at radius 2 is 1.84 bits per heavy atom. The van der Waals surface area contributed by atoms with E-state index in [1.165, 1.54) is 0 Å². The first-order valence-corrected chi connectivity index (χ1v) is 6.41. The molecule has 6 heteroatoms. The van der Waals surface area contributed by atoms with Gasteiger partial charge in [0, 0.05) is 17.6 Å². The van der Waals surface area contributed by atoms with Crippen LogP contribution < -0.4 is 0 Å². The Morgan fingerprint density at radius 3 is 2.47 bits per heavy atom. The van der Waals surface area contributed by atoms with Crippen LogP contribution in [0.1, 0.15) is 0 Å². The van der Waals surface area contributed by atoms with E-state index in [0.717, 1.165) is 11.3 Å². The molecule has 1 N–H and O–H groups in total. The fourth-order valence-electron chi connectivity index (χ4n) is 1.79. The van der Waals surface area contributed by atoms with Crippen molar-refractivity contribution in [1.82, 2.24) is 14.8 Å². The molecule has 0 atom stereocenters. The van der Waals surface area contributed by atoms with Gasteiger partial charge in [-0.25, -0.2) is 0 Å². The average Bonchev–Trinajstić information content (AvgIpc) is 2.99. The van der Waals surface area contributed by atoms with E-state index < -0.39 is 0 Å². The van der Waals surface area contributed by atoms with Gasteiger partial charge in [0.25, 0.3) is 0 Å². The van der Waals surface area contributed by atoms with Crippen LogP contribution in [0.5, 0.6) is 0 Å². The summed E-state index contributed by atoms with van der Waals surface area (Å²) < 4.78 is 8.12. The number of halogens is 1. The zero-order valence-electron chi connectivity index (χ0n) is 10.1. The highest BCUT2D eigenvalue weighted by atomic mass is 35.5. The molecule has 0 aliphatic carbocycles. The molecule has 0 amide bonds. The monoisotopic (exact) mass is 291 g/mol. The Morgan fingerprint density at radius 1 is 1.16 bits per heavy atom. The highest BCUT2D eigenvalue weighted by molar-refractivity contribution is 7.71. The van der Waals surface area contributed by atoms with Crippen molar-refractivity contribution in [3.05, 3.63) is 46.2 Å². The Kier molecular flexibility index (Phi) is 3.00. The molecule has 3 rings (SSSR count). The molecular formula is C13H10ClN3OS. The first kappa shape index (κ1) is 12.2. The number of H-pyrrole nitrogens is 1. The van der Waals surface area contributed by atoms with Gasteiger partial charge in [-0.3, -0.25) is 5.10 Å². The summed E-state index contributed by atoms with van der Waals surface area (Å²) in [5.41, 5.74) is 0.965. The summed E-state index contributed by atoms with van der Waals surface area (Å²) >= 11 is 10.9. The molecule has 1 aromatic carbocycles. The van der Waals surface area contributed by atoms with Crippen molar-refractivity contribution in [1.29, 1.82) is 0 Å². The first-order valence-electron chi connectivity index (χ1n) is 5.63. The molecule has 4 nitrogen and oxygen atoms in total. The second-order valence-electron chi connectivity index (χ2n) is 4.08. The van der Waals surface area contributed by atoms with E-state index in [4.69, 9.17) is 28.2 Å². The van der Waals surface area contributed by atoms with Crippen LogP contribution in [0.4, 0.5) is 0 Å². The van der Waals surface area contributed by atoms with Crippen LogP contribution in [0, 0.1) is 4.77 Å². The molecule has 0 fully saturated rings. The second kappa shape index (κ2) is 4.68. The van der Waals surface area contributed by atoms with Crippen molar-refractivity contribution in [3.63, 3.8) is 0 Å². The highest BCUT2D eigenvalue weighted by Crippen LogP contribution is 2.27. The summed E-state index contributed by atoms with van der Waals surface area (Å²) in [4.78, 5) is 0. The molecule has 0 radical (unpaired) electrons. The summed E-state index contributed by atoms with van der Waals surface area (Å²) in [7, 11) is 1.84. The van der Waals surface area contributed by atoms with E-state index in [-0.39, 0.29) is 0 Å². The molecule has 0 aliphatic rings. The highest BCUT2D eigenvalue weighted by Gasteiger charge is 2.11. The van der Waals surface area contributed by atoms with Gasteiger partial charge in [-0.2, -0.15) is 5.10 Å². The van der Waals surface area contributed by atoms with Crippen molar-refractivity contribution in [2.45, 2.75) is 0 Å². The lowest BCUT2D eigenvalue weighted by Gasteiger charge is -1.98. The van der Waals surface area contributed by atoms with Gasteiger partial charge in [-0.05, 0) is 48.6 Å². The van der Waals surface area contributed by atoms with Crippen LogP contribution >= 0.6 is 23.8 Å². The van der Waals surface area contributed by atoms with Gasteiger partial charge >= 0.3 is 0 Å². The fraction of sp³-hybridized carbons (Fsp3) is 0.0769. The summed E-state index contributed by atoms with van der Waals surface area (Å²) in [5.74, 6) is 2.10. The third-order valence-electron chi connectivity index (χ3n) is 2.83. The van der Waals surface area contributed by atoms with Crippen molar-refractivity contribution < 1.29 is 4.42 Å². The van der Waals surface area contributed by atoms with Crippen molar-refractivity contribution >= 4 is 23.8 Å². The quantitative estimate of drug-likeness (QED) is 0.724. The lowest BCUT2D eigenvalue weighted by Crippen LogP contribution is -1.90. The third-order valence-corrected chi connectivity index (χ3v) is 3.45. The molecule has 3 aromatic rings. The predicted octanol–water partition coefficient (Wildman–Crippen LogP) is 4.06. The number of rotatable bonds is 2. The minimum Gasteiger partial charge on any atom is -0.453 e. The van der Waals surface area contributed by atoms with Crippen LogP contribution in [-0.4, -0.2) is 14.8 Å². The van der Waals surface area contributed by atoms with Crippen LogP contribution in [0.3, 0.4) is 0 Å². The standard InChI is InChI=1S/C13H10ClN3OS/c1-17-12(15-16-13(17)19)11-7-6-10(18-11)8-2-4-9(14)5-3-8/h2-7H,1H3,(H,16,19). The maximum absolute atomic E-state index is 5.86. The molecule has 0 spiro atoms. The number of furan rings is 1. The number of benzene rings is 1. The van der Waals surface area contributed by atoms with Gasteiger partial charge in [0.2, 0.25) is 0 Å². The van der Waals surface area contributed by atoms with Crippen LogP contribution in [0.2, 0.25) is 5.02 Å². The SMILES string of the molecule is Cn1c(-c2ccc(-c3ccc(Cl)cc3)o2)n[nH]c1=S. The molecule has 96 valence electrons. The summed E-state index contributed by atoms with van der Waals surface area (Å²) in [6, 6.07) is 11.2. The van der Waals surface area contributed by atoms with E-state index in [0.29, 0.717) is 21.4 Å². The van der Waals surface area contributed by atoms with Crippen LogP contribution in [-0.2, 0) is 7.05 Å². The zero-order valence-corrected chi connectivity index (χ0v) is 11.6. The maximum Gasteiger partial charge on any atom is 0.198 e. The van der Waals surface area contributed by atoms with Crippen molar-refractivity contribution in [3.8, 4) is 22.9 Å². The summed E-state index contributed by atoms with van der Waals surface area (Å²) in [6.07, 6.45) is 0. The third kappa shape index (κ3) is 2.22. The first-order chi connectivity index (χ1) is 9.15. The molecule has 2 aromatic heterocycles. The van der Waals surface area contributed by atoms with Crippen molar-refractivity contribution in [2.75, 3.05) is 0 Å². The van der Waals surface area contributed by atoms with E-state index in [1.54, 1.807) is 4.57 Å². The number of nitrogens with zero attached hydrogens (tertiary/aromatic N) is 2. The summed E-state index contributed by atoms with van der Waals surface area (Å²) in [5, 5.41) is 7.57. The maximum atomic E-state index is 5.86. The molecule has 0 saturated heterocycles. The lowest BCUT2D eigenvalue weighted by atomic mass is 10.2. The van der Waals surface area contributed by atoms with Gasteiger partial charge in [0.05, 0.1) is 0 Å². The van der Waals surface area contributed by atoms with Gasteiger partial charge in [0.15, 0.2) is 16.4 Å². The van der Waals surface area contributed by atoms with E-state index >= 15 is 0 Å². The Labute approximate surface area is 119 Å². The second-order valence-corrected chi connectivity index (χ2v) is 4.91. The Balaban J connectivity index is 2.02. The van der Waals surface area contributed by atoms with E-state index in [1.807, 2.05) is 43.4 Å². The minimum absolute atomic E-state index is 0.555. The smallest absolute Gasteiger partial charge is 0.198 e. The average molecular weight is 292 g/mol. The Hall–Kier alpha value is -1.85. The molecule has 0 bridgehead atoms. The molecule has 0 saturated carbocycles. The van der Waals surface area contributed by atoms with Crippen LogP contribution in [0.25, 0.3) is 22.9 Å². The van der Waals surface area contributed by atoms with E-state index in [2.05, 4.69) is 10.2 Å². The van der Waals surface area contributed by atoms with Crippen LogP contribution in [0.15, 0.2) is 40.8 Å². The van der Waals surface area contributed by atoms with E-state index in [9.17, 15) is 0 Å². The number of hydrogen-bond acceptors (Lipinski definition) is 3. The lowest BCUT2D eigenvalue weighted by molar-refractivity contribution is 0.588. The number of aromatic amines is 1. The fourth-order valence-corrected chi connectivity index (χ4v) is 2.05. The topological polar surface area (TPSA) is 46.8 Å². The summed E-state index contributed by atoms with van der Waals surface area (Å²) in [6.45, 7) is 0. The predicted molar refractivity (Wildman–Crippen MR) is 76.5 cm³/mol. The molecule has 0 unspecified atom stereocenters. The molecule has 0 aliphatic heterocycles. The van der Waals surface area contributed by atoms with Gasteiger partial charge in [0.1, 0.15) is 5.76 Å². The largest absolute Gasteiger partial charge is 0.453 e. The van der Waals surface area contributed by atoms with Gasteiger partial charge in [-0.15, -0.1) is 0 Å². The minimum atomic E-state index is 0.555. The van der Waals surface area contributed by atoms with Gasteiger partial charge in [-0.1, -0.05) is 11.6 Å². The number of aromatic nitrogens is 3. The molecular weight excluding hydrogens is 282 g/mol. The van der Waals surface area contributed by atoms with Crippen molar-refractivity contribution in [2.24, 2.45) is 7.05 Å². The molecule has 2 heterocycles. The number of hydrogen-bond donors (Lipinski definition) is 1. The van der Waals surface area contributed by atoms with Gasteiger partial charge < -0.3 is 8.98 Å².